The first kappa shape index (κ1) is 21.7. The molecule has 0 spiro atoms. The minimum absolute atomic E-state index is 0.308. The summed E-state index contributed by atoms with van der Waals surface area (Å²) in [5.74, 6) is 2.33. The average molecular weight is 475 g/mol. The molecule has 1 aliphatic heterocycles. The Labute approximate surface area is 200 Å². The highest BCUT2D eigenvalue weighted by atomic mass is 32.1. The van der Waals surface area contributed by atoms with Gasteiger partial charge < -0.3 is 20.1 Å². The van der Waals surface area contributed by atoms with Crippen molar-refractivity contribution < 1.29 is 14.3 Å². The largest absolute Gasteiger partial charge is 0.493 e. The number of amides is 1. The summed E-state index contributed by atoms with van der Waals surface area (Å²) in [7, 11) is 3.15. The van der Waals surface area contributed by atoms with Crippen molar-refractivity contribution in [1.82, 2.24) is 19.7 Å². The van der Waals surface area contributed by atoms with Gasteiger partial charge in [0.25, 0.3) is 5.91 Å². The predicted octanol–water partition coefficient (Wildman–Crippen LogP) is 4.35. The van der Waals surface area contributed by atoms with Gasteiger partial charge in [-0.3, -0.25) is 4.79 Å². The smallest absolute Gasteiger partial charge is 0.257 e. The molecule has 1 aliphatic rings. The summed E-state index contributed by atoms with van der Waals surface area (Å²) in [4.78, 5) is 23.4. The highest BCUT2D eigenvalue weighted by molar-refractivity contribution is 7.13. The van der Waals surface area contributed by atoms with Gasteiger partial charge in [-0.15, -0.1) is 16.4 Å². The molecule has 4 heterocycles. The Kier molecular flexibility index (Phi) is 5.72. The second-order valence-electron chi connectivity index (χ2n) is 7.50. The number of fused-ring (bicyclic) bond motifs is 1. The van der Waals surface area contributed by atoms with Gasteiger partial charge in [0.2, 0.25) is 5.95 Å². The molecule has 3 aromatic heterocycles. The van der Waals surface area contributed by atoms with Crippen LogP contribution in [0.25, 0.3) is 10.7 Å². The van der Waals surface area contributed by atoms with Crippen LogP contribution >= 0.6 is 11.3 Å². The van der Waals surface area contributed by atoms with Crippen molar-refractivity contribution in [1.29, 1.82) is 0 Å². The summed E-state index contributed by atoms with van der Waals surface area (Å²) in [6.45, 7) is 1.84. The van der Waals surface area contributed by atoms with E-state index < -0.39 is 6.04 Å². The van der Waals surface area contributed by atoms with Crippen LogP contribution in [0, 0.1) is 0 Å². The number of aromatic nitrogens is 4. The molecule has 0 saturated carbocycles. The van der Waals surface area contributed by atoms with E-state index >= 15 is 0 Å². The van der Waals surface area contributed by atoms with Gasteiger partial charge in [-0.05, 0) is 36.6 Å². The summed E-state index contributed by atoms with van der Waals surface area (Å²) in [5.41, 5.74) is 1.84. The van der Waals surface area contributed by atoms with Crippen molar-refractivity contribution in [3.63, 3.8) is 0 Å². The lowest BCUT2D eigenvalue weighted by atomic mass is 9.94. The van der Waals surface area contributed by atoms with E-state index in [1.807, 2.05) is 48.7 Å². The van der Waals surface area contributed by atoms with E-state index in [1.165, 1.54) is 0 Å². The molecule has 34 heavy (non-hydrogen) atoms. The molecule has 10 heteroatoms. The Morgan fingerprint density at radius 3 is 2.71 bits per heavy atom. The van der Waals surface area contributed by atoms with Gasteiger partial charge in [0.05, 0.1) is 24.7 Å². The molecule has 5 rings (SSSR count). The lowest BCUT2D eigenvalue weighted by Crippen LogP contribution is -2.32. The van der Waals surface area contributed by atoms with Crippen LogP contribution in [0.5, 0.6) is 11.5 Å². The predicted molar refractivity (Wildman–Crippen MR) is 130 cm³/mol. The number of pyridine rings is 1. The molecule has 1 unspecified atom stereocenters. The van der Waals surface area contributed by atoms with E-state index in [4.69, 9.17) is 19.6 Å². The zero-order valence-corrected chi connectivity index (χ0v) is 19.6. The molecule has 0 fully saturated rings. The van der Waals surface area contributed by atoms with E-state index in [2.05, 4.69) is 15.6 Å². The summed E-state index contributed by atoms with van der Waals surface area (Å²) < 4.78 is 13.0. The Hall–Kier alpha value is -4.18. The molecule has 1 amide bonds. The van der Waals surface area contributed by atoms with Crippen LogP contribution < -0.4 is 20.1 Å². The van der Waals surface area contributed by atoms with E-state index in [1.54, 1.807) is 48.6 Å². The summed E-state index contributed by atoms with van der Waals surface area (Å²) in [6, 6.07) is 14.2. The number of carbonyl (C=O) groups is 1. The van der Waals surface area contributed by atoms with Gasteiger partial charge in [-0.25, -0.2) is 9.67 Å². The highest BCUT2D eigenvalue weighted by Crippen LogP contribution is 2.43. The normalized spacial score (nSPS) is 14.9. The third kappa shape index (κ3) is 3.77. The van der Waals surface area contributed by atoms with Gasteiger partial charge in [0, 0.05) is 17.5 Å². The molecule has 9 nitrogen and oxygen atoms in total. The molecule has 0 saturated heterocycles. The second-order valence-corrected chi connectivity index (χ2v) is 8.45. The molecule has 1 aromatic carbocycles. The number of ether oxygens (including phenoxy) is 2. The van der Waals surface area contributed by atoms with Crippen molar-refractivity contribution in [2.24, 2.45) is 0 Å². The van der Waals surface area contributed by atoms with Crippen LogP contribution in [0.2, 0.25) is 0 Å². The van der Waals surface area contributed by atoms with E-state index in [0.717, 1.165) is 10.4 Å². The van der Waals surface area contributed by atoms with Crippen molar-refractivity contribution in [2.45, 2.75) is 13.0 Å². The van der Waals surface area contributed by atoms with Crippen molar-refractivity contribution in [2.75, 3.05) is 24.9 Å². The maximum Gasteiger partial charge on any atom is 0.257 e. The third-order valence-corrected chi connectivity index (χ3v) is 6.34. The quantitative estimate of drug-likeness (QED) is 0.428. The van der Waals surface area contributed by atoms with Crippen LogP contribution in [0.4, 0.5) is 11.8 Å². The van der Waals surface area contributed by atoms with Crippen LogP contribution in [-0.2, 0) is 4.79 Å². The first-order valence-electron chi connectivity index (χ1n) is 10.5. The highest BCUT2D eigenvalue weighted by Gasteiger charge is 2.37. The number of nitrogens with one attached hydrogen (secondary N) is 2. The van der Waals surface area contributed by atoms with Gasteiger partial charge >= 0.3 is 0 Å². The van der Waals surface area contributed by atoms with Gasteiger partial charge in [0.15, 0.2) is 17.3 Å². The summed E-state index contributed by atoms with van der Waals surface area (Å²) in [6.07, 6.45) is 1.63. The number of hydrogen-bond donors (Lipinski definition) is 2. The number of nitrogens with zero attached hydrogens (tertiary/aromatic N) is 4. The van der Waals surface area contributed by atoms with Crippen LogP contribution in [0.1, 0.15) is 18.5 Å². The number of allylic oxidation sites excluding steroid dienone is 1. The molecule has 2 N–H and O–H groups in total. The van der Waals surface area contributed by atoms with E-state index in [0.29, 0.717) is 40.4 Å². The third-order valence-electron chi connectivity index (χ3n) is 5.47. The molecule has 172 valence electrons. The monoisotopic (exact) mass is 474 g/mol. The Bertz CT molecular complexity index is 1360. The molecule has 4 aromatic rings. The fourth-order valence-electron chi connectivity index (χ4n) is 3.99. The molecule has 0 aliphatic carbocycles. The standard InChI is InChI=1S/C24H22N6O3S/c1-14-19(23(31)27-18-11-4-5-12-25-18)20(15-8-6-9-16(32-2)21(15)33-3)30-24(26-14)28-22(29-30)17-10-7-13-34-17/h4-13,20H,1-3H3,(H,25,27,31)(H,26,28,29). The summed E-state index contributed by atoms with van der Waals surface area (Å²) in [5, 5.41) is 12.9. The first-order valence-corrected chi connectivity index (χ1v) is 11.4. The fourth-order valence-corrected chi connectivity index (χ4v) is 4.64. The Morgan fingerprint density at radius 2 is 2.00 bits per heavy atom. The average Bonchev–Trinajstić information content (AvgIpc) is 3.53. The molecule has 1 atom stereocenters. The van der Waals surface area contributed by atoms with E-state index in [-0.39, 0.29) is 5.91 Å². The number of hydrogen-bond acceptors (Lipinski definition) is 8. The Morgan fingerprint density at radius 1 is 1.12 bits per heavy atom. The minimum Gasteiger partial charge on any atom is -0.493 e. The number of anilines is 2. The lowest BCUT2D eigenvalue weighted by Gasteiger charge is -2.29. The number of methoxy groups -OCH3 is 2. The second kappa shape index (κ2) is 8.99. The van der Waals surface area contributed by atoms with Gasteiger partial charge in [-0.2, -0.15) is 4.98 Å². The zero-order chi connectivity index (χ0) is 23.7. The SMILES string of the molecule is COc1cccc(C2C(C(=O)Nc3ccccn3)=C(C)Nc3nc(-c4cccs4)nn32)c1OC. The zero-order valence-electron chi connectivity index (χ0n) is 18.8. The number of thiophene rings is 1. The molecular formula is C24H22N6O3S. The van der Waals surface area contributed by atoms with E-state index in [9.17, 15) is 4.79 Å². The molecule has 0 bridgehead atoms. The number of benzene rings is 1. The maximum atomic E-state index is 13.6. The van der Waals surface area contributed by atoms with Gasteiger partial charge in [0.1, 0.15) is 11.9 Å². The topological polar surface area (TPSA) is 103 Å². The Balaban J connectivity index is 1.67. The number of carbonyl (C=O) groups excluding carboxylic acids is 1. The fraction of sp³-hybridized carbons (Fsp3) is 0.167. The maximum absolute atomic E-state index is 13.6. The molecular weight excluding hydrogens is 452 g/mol. The van der Waals surface area contributed by atoms with Crippen LogP contribution in [-0.4, -0.2) is 39.9 Å². The number of rotatable bonds is 6. The van der Waals surface area contributed by atoms with Crippen LogP contribution in [0.3, 0.4) is 0 Å². The van der Waals surface area contributed by atoms with Gasteiger partial charge in [-0.1, -0.05) is 24.3 Å². The lowest BCUT2D eigenvalue weighted by molar-refractivity contribution is -0.113. The van der Waals surface area contributed by atoms with Crippen LogP contribution in [0.15, 0.2) is 71.4 Å². The molecule has 0 radical (unpaired) electrons. The minimum atomic E-state index is -0.619. The van der Waals surface area contributed by atoms with Crippen molar-refractivity contribution >= 4 is 29.0 Å². The van der Waals surface area contributed by atoms with Crippen molar-refractivity contribution in [3.8, 4) is 22.2 Å². The van der Waals surface area contributed by atoms with Crippen molar-refractivity contribution in [3.05, 3.63) is 76.9 Å². The summed E-state index contributed by atoms with van der Waals surface area (Å²) >= 11 is 1.55. The first-order chi connectivity index (χ1) is 16.6. The number of para-hydroxylation sites is 1.